The van der Waals surface area contributed by atoms with Gasteiger partial charge in [-0.2, -0.15) is 0 Å². The summed E-state index contributed by atoms with van der Waals surface area (Å²) in [6, 6.07) is 7.27. The second-order valence-electron chi connectivity index (χ2n) is 3.59. The van der Waals surface area contributed by atoms with Gasteiger partial charge in [0.25, 0.3) is 0 Å². The average molecular weight is 258 g/mol. The molecule has 0 saturated heterocycles. The summed E-state index contributed by atoms with van der Waals surface area (Å²) in [7, 11) is 0.113. The standard InChI is InChI=1S/C11H18N2O3S/c1-12-7-8-17(14,15)13-9-10-3-5-11(16-2)6-4-10/h3-6,12-13H,7-9H2,1-2H3. The maximum atomic E-state index is 11.5. The van der Waals surface area contributed by atoms with Crippen molar-refractivity contribution in [1.29, 1.82) is 0 Å². The highest BCUT2D eigenvalue weighted by atomic mass is 32.2. The van der Waals surface area contributed by atoms with E-state index in [0.717, 1.165) is 11.3 Å². The predicted molar refractivity (Wildman–Crippen MR) is 67.5 cm³/mol. The van der Waals surface area contributed by atoms with Crippen LogP contribution in [0.5, 0.6) is 5.75 Å². The van der Waals surface area contributed by atoms with Gasteiger partial charge in [0.1, 0.15) is 5.75 Å². The van der Waals surface area contributed by atoms with Gasteiger partial charge in [0.05, 0.1) is 12.9 Å². The van der Waals surface area contributed by atoms with Crippen LogP contribution in [0.25, 0.3) is 0 Å². The summed E-state index contributed by atoms with van der Waals surface area (Å²) in [6.45, 7) is 0.744. The van der Waals surface area contributed by atoms with Crippen LogP contribution in [0.15, 0.2) is 24.3 Å². The molecule has 6 heteroatoms. The zero-order chi connectivity index (χ0) is 12.7. The molecule has 0 amide bonds. The molecule has 1 rings (SSSR count). The Balaban J connectivity index is 2.49. The van der Waals surface area contributed by atoms with Gasteiger partial charge in [-0.15, -0.1) is 0 Å². The molecule has 0 radical (unpaired) electrons. The van der Waals surface area contributed by atoms with Gasteiger partial charge in [0.15, 0.2) is 0 Å². The van der Waals surface area contributed by atoms with Gasteiger partial charge in [0, 0.05) is 13.1 Å². The van der Waals surface area contributed by atoms with E-state index in [4.69, 9.17) is 4.74 Å². The SMILES string of the molecule is CNCCS(=O)(=O)NCc1ccc(OC)cc1. The minimum Gasteiger partial charge on any atom is -0.497 e. The minimum atomic E-state index is -3.20. The van der Waals surface area contributed by atoms with Crippen LogP contribution in [0.1, 0.15) is 5.56 Å². The van der Waals surface area contributed by atoms with E-state index in [2.05, 4.69) is 10.0 Å². The second kappa shape index (κ2) is 6.58. The van der Waals surface area contributed by atoms with Crippen molar-refractivity contribution in [1.82, 2.24) is 10.0 Å². The number of methoxy groups -OCH3 is 1. The number of sulfonamides is 1. The quantitative estimate of drug-likeness (QED) is 0.740. The molecule has 0 aliphatic carbocycles. The molecular formula is C11H18N2O3S. The molecule has 0 spiro atoms. The van der Waals surface area contributed by atoms with E-state index in [1.807, 2.05) is 12.1 Å². The molecule has 0 aliphatic rings. The van der Waals surface area contributed by atoms with Gasteiger partial charge < -0.3 is 10.1 Å². The normalized spacial score (nSPS) is 11.4. The Labute approximate surface area is 102 Å². The summed E-state index contributed by atoms with van der Waals surface area (Å²) >= 11 is 0. The zero-order valence-electron chi connectivity index (χ0n) is 10.1. The Hall–Kier alpha value is -1.11. The number of hydrogen-bond donors (Lipinski definition) is 2. The molecule has 1 aromatic carbocycles. The Morgan fingerprint density at radius 2 is 1.88 bits per heavy atom. The summed E-state index contributed by atoms with van der Waals surface area (Å²) in [5.74, 6) is 0.839. The van der Waals surface area contributed by atoms with Crippen molar-refractivity contribution in [3.8, 4) is 5.75 Å². The highest BCUT2D eigenvalue weighted by Crippen LogP contribution is 2.11. The molecule has 0 unspecified atom stereocenters. The van der Waals surface area contributed by atoms with Crippen LogP contribution in [0.2, 0.25) is 0 Å². The van der Waals surface area contributed by atoms with E-state index in [0.29, 0.717) is 13.1 Å². The van der Waals surface area contributed by atoms with Crippen LogP contribution in [0.4, 0.5) is 0 Å². The molecule has 0 aliphatic heterocycles. The van der Waals surface area contributed by atoms with Gasteiger partial charge in [0.2, 0.25) is 10.0 Å². The lowest BCUT2D eigenvalue weighted by Gasteiger charge is -2.07. The highest BCUT2D eigenvalue weighted by Gasteiger charge is 2.08. The Morgan fingerprint density at radius 1 is 1.24 bits per heavy atom. The Kier molecular flexibility index (Phi) is 5.40. The number of nitrogens with one attached hydrogen (secondary N) is 2. The third-order valence-corrected chi connectivity index (χ3v) is 3.60. The number of ether oxygens (including phenoxy) is 1. The fourth-order valence-corrected chi connectivity index (χ4v) is 2.25. The first-order chi connectivity index (χ1) is 8.07. The van der Waals surface area contributed by atoms with Crippen molar-refractivity contribution in [2.24, 2.45) is 0 Å². The smallest absolute Gasteiger partial charge is 0.213 e. The fraction of sp³-hybridized carbons (Fsp3) is 0.455. The first-order valence-corrected chi connectivity index (χ1v) is 6.97. The predicted octanol–water partition coefficient (Wildman–Crippen LogP) is 0.334. The number of benzene rings is 1. The first-order valence-electron chi connectivity index (χ1n) is 5.32. The molecule has 0 fully saturated rings. The van der Waals surface area contributed by atoms with Crippen molar-refractivity contribution < 1.29 is 13.2 Å². The zero-order valence-corrected chi connectivity index (χ0v) is 10.9. The molecule has 2 N–H and O–H groups in total. The molecule has 96 valence electrons. The van der Waals surface area contributed by atoms with Crippen molar-refractivity contribution in [2.45, 2.75) is 6.54 Å². The Bertz CT molecular complexity index is 429. The van der Waals surface area contributed by atoms with Crippen molar-refractivity contribution in [3.63, 3.8) is 0 Å². The minimum absolute atomic E-state index is 0.0830. The molecule has 1 aromatic rings. The molecule has 0 heterocycles. The summed E-state index contributed by atoms with van der Waals surface area (Å²) in [6.07, 6.45) is 0. The van der Waals surface area contributed by atoms with Gasteiger partial charge in [-0.3, -0.25) is 0 Å². The van der Waals surface area contributed by atoms with Crippen molar-refractivity contribution >= 4 is 10.0 Å². The molecule has 5 nitrogen and oxygen atoms in total. The lowest BCUT2D eigenvalue weighted by atomic mass is 10.2. The van der Waals surface area contributed by atoms with Crippen LogP contribution in [-0.4, -0.2) is 34.9 Å². The van der Waals surface area contributed by atoms with E-state index >= 15 is 0 Å². The molecule has 0 saturated carbocycles. The molecule has 0 bridgehead atoms. The van der Waals surface area contributed by atoms with E-state index in [9.17, 15) is 8.42 Å². The van der Waals surface area contributed by atoms with Crippen LogP contribution in [-0.2, 0) is 16.6 Å². The maximum absolute atomic E-state index is 11.5. The summed E-state index contributed by atoms with van der Waals surface area (Å²) in [4.78, 5) is 0. The van der Waals surface area contributed by atoms with E-state index in [1.165, 1.54) is 0 Å². The number of hydrogen-bond acceptors (Lipinski definition) is 4. The third kappa shape index (κ3) is 5.16. The lowest BCUT2D eigenvalue weighted by molar-refractivity contribution is 0.414. The Morgan fingerprint density at radius 3 is 2.41 bits per heavy atom. The van der Waals surface area contributed by atoms with E-state index in [1.54, 1.807) is 26.3 Å². The monoisotopic (exact) mass is 258 g/mol. The highest BCUT2D eigenvalue weighted by molar-refractivity contribution is 7.89. The van der Waals surface area contributed by atoms with E-state index in [-0.39, 0.29) is 5.75 Å². The van der Waals surface area contributed by atoms with Crippen molar-refractivity contribution in [2.75, 3.05) is 26.5 Å². The van der Waals surface area contributed by atoms with E-state index < -0.39 is 10.0 Å². The summed E-state index contributed by atoms with van der Waals surface area (Å²) < 4.78 is 30.6. The largest absolute Gasteiger partial charge is 0.497 e. The van der Waals surface area contributed by atoms with Crippen LogP contribution in [0, 0.1) is 0 Å². The number of rotatable bonds is 7. The molecule has 0 atom stereocenters. The molecular weight excluding hydrogens is 240 g/mol. The first kappa shape index (κ1) is 14.0. The van der Waals surface area contributed by atoms with Gasteiger partial charge in [-0.05, 0) is 24.7 Å². The van der Waals surface area contributed by atoms with Crippen molar-refractivity contribution in [3.05, 3.63) is 29.8 Å². The fourth-order valence-electron chi connectivity index (χ4n) is 1.25. The van der Waals surface area contributed by atoms with Gasteiger partial charge in [-0.1, -0.05) is 12.1 Å². The van der Waals surface area contributed by atoms with Crippen LogP contribution in [0.3, 0.4) is 0 Å². The average Bonchev–Trinajstić information content (AvgIpc) is 2.35. The van der Waals surface area contributed by atoms with Gasteiger partial charge in [-0.25, -0.2) is 13.1 Å². The van der Waals surface area contributed by atoms with Crippen LogP contribution < -0.4 is 14.8 Å². The third-order valence-electron chi connectivity index (χ3n) is 2.28. The second-order valence-corrected chi connectivity index (χ2v) is 5.52. The summed E-state index contributed by atoms with van der Waals surface area (Å²) in [5, 5.41) is 2.80. The topological polar surface area (TPSA) is 67.4 Å². The maximum Gasteiger partial charge on any atom is 0.213 e. The molecule has 0 aromatic heterocycles. The van der Waals surface area contributed by atoms with Gasteiger partial charge >= 0.3 is 0 Å². The van der Waals surface area contributed by atoms with Crippen LogP contribution >= 0.6 is 0 Å². The summed E-state index contributed by atoms with van der Waals surface area (Å²) in [5.41, 5.74) is 0.902. The lowest BCUT2D eigenvalue weighted by Crippen LogP contribution is -2.30. The molecule has 17 heavy (non-hydrogen) atoms.